The van der Waals surface area contributed by atoms with E-state index in [9.17, 15) is 19.2 Å². The van der Waals surface area contributed by atoms with Gasteiger partial charge in [-0.2, -0.15) is 0 Å². The Morgan fingerprint density at radius 3 is 1.45 bits per heavy atom. The van der Waals surface area contributed by atoms with Gasteiger partial charge in [0, 0.05) is 18.3 Å². The lowest BCUT2D eigenvalue weighted by Gasteiger charge is -2.54. The van der Waals surface area contributed by atoms with Crippen LogP contribution in [0.1, 0.15) is 43.0 Å². The summed E-state index contributed by atoms with van der Waals surface area (Å²) in [5.41, 5.74) is 3.87. The van der Waals surface area contributed by atoms with Crippen molar-refractivity contribution in [3.05, 3.63) is 95.1 Å². The maximum absolute atomic E-state index is 14.3. The van der Waals surface area contributed by atoms with Crippen molar-refractivity contribution >= 4 is 58.2 Å². The molecular formula is C31H27Cl2N3O4. The summed E-state index contributed by atoms with van der Waals surface area (Å²) in [5, 5.41) is 5.50. The number of carbonyl (C=O) groups is 4. The Bertz CT molecular complexity index is 1460. The van der Waals surface area contributed by atoms with Gasteiger partial charge in [0.2, 0.25) is 23.6 Å². The second-order valence-electron chi connectivity index (χ2n) is 11.0. The fourth-order valence-electron chi connectivity index (χ4n) is 6.74. The largest absolute Gasteiger partial charge is 0.326 e. The summed E-state index contributed by atoms with van der Waals surface area (Å²) in [7, 11) is 0. The van der Waals surface area contributed by atoms with E-state index in [1.807, 2.05) is 48.5 Å². The van der Waals surface area contributed by atoms with Crippen molar-refractivity contribution in [1.29, 1.82) is 0 Å². The number of halogens is 2. The molecule has 1 fully saturated rings. The third-order valence-electron chi connectivity index (χ3n) is 8.27. The molecule has 0 saturated carbocycles. The van der Waals surface area contributed by atoms with E-state index in [1.54, 1.807) is 38.1 Å². The number of hydrogen-bond donors (Lipinski definition) is 2. The number of hydrogen-bond acceptors (Lipinski definition) is 4. The molecule has 4 aliphatic rings. The van der Waals surface area contributed by atoms with Crippen LogP contribution in [-0.2, 0) is 28.9 Å². The van der Waals surface area contributed by atoms with E-state index in [1.165, 1.54) is 6.92 Å². The van der Waals surface area contributed by atoms with E-state index in [2.05, 4.69) is 10.6 Å². The van der Waals surface area contributed by atoms with Gasteiger partial charge in [-0.25, -0.2) is 0 Å². The quantitative estimate of drug-likeness (QED) is 0.323. The van der Waals surface area contributed by atoms with Crippen LogP contribution >= 0.6 is 23.2 Å². The summed E-state index contributed by atoms with van der Waals surface area (Å²) in [5.74, 6) is -4.08. The van der Waals surface area contributed by atoms with Gasteiger partial charge in [0.25, 0.3) is 0 Å². The molecule has 0 aromatic heterocycles. The van der Waals surface area contributed by atoms with Gasteiger partial charge >= 0.3 is 0 Å². The molecule has 7 nitrogen and oxygen atoms in total. The minimum absolute atomic E-state index is 0.212. The smallest absolute Gasteiger partial charge is 0.247 e. The van der Waals surface area contributed by atoms with Crippen LogP contribution in [0.25, 0.3) is 0 Å². The molecule has 3 aromatic carbocycles. The van der Waals surface area contributed by atoms with Gasteiger partial charge in [-0.1, -0.05) is 62.4 Å². The molecule has 2 bridgehead atoms. The van der Waals surface area contributed by atoms with Crippen molar-refractivity contribution in [2.75, 3.05) is 10.6 Å². The standard InChI is InChI=1S/C31H27Cl2N3O4/c1-16(2)26(27(38)35-19-14-12-18(13-15-19)34-17(3)37)36-28(39)24-25(29(36)40)31(33)21-9-5-4-8-20(21)30(24,32)22-10-6-7-11-23(22)31/h4-16,24-26H,1-3H3,(H,34,37)(H,35,38)/t24-,25-,26+,30?,31?/m1/s1. The molecule has 1 saturated heterocycles. The number of benzene rings is 3. The zero-order valence-corrected chi connectivity index (χ0v) is 23.6. The highest BCUT2D eigenvalue weighted by atomic mass is 35.5. The lowest BCUT2D eigenvalue weighted by atomic mass is 9.54. The van der Waals surface area contributed by atoms with E-state index >= 15 is 0 Å². The van der Waals surface area contributed by atoms with E-state index < -0.39 is 51.3 Å². The third-order valence-corrected chi connectivity index (χ3v) is 9.56. The van der Waals surface area contributed by atoms with Crippen LogP contribution in [0.4, 0.5) is 11.4 Å². The summed E-state index contributed by atoms with van der Waals surface area (Å²) < 4.78 is 0. The van der Waals surface area contributed by atoms with Crippen LogP contribution in [0.5, 0.6) is 0 Å². The van der Waals surface area contributed by atoms with Crippen LogP contribution in [0.3, 0.4) is 0 Å². The van der Waals surface area contributed by atoms with Crippen LogP contribution in [-0.4, -0.2) is 34.6 Å². The number of carbonyl (C=O) groups excluding carboxylic acids is 4. The Kier molecular flexibility index (Phi) is 6.09. The average Bonchev–Trinajstić information content (AvgIpc) is 3.19. The molecule has 9 heteroatoms. The number of rotatable bonds is 5. The monoisotopic (exact) mass is 575 g/mol. The Morgan fingerprint density at radius 2 is 1.10 bits per heavy atom. The van der Waals surface area contributed by atoms with Crippen molar-refractivity contribution in [2.45, 2.75) is 36.6 Å². The molecule has 7 rings (SSSR count). The van der Waals surface area contributed by atoms with Gasteiger partial charge < -0.3 is 10.6 Å². The molecule has 0 spiro atoms. The molecule has 2 N–H and O–H groups in total. The number of alkyl halides is 2. The zero-order chi connectivity index (χ0) is 28.6. The van der Waals surface area contributed by atoms with Crippen molar-refractivity contribution in [1.82, 2.24) is 4.90 Å². The maximum atomic E-state index is 14.3. The number of nitrogens with one attached hydrogen (secondary N) is 2. The second kappa shape index (κ2) is 9.18. The first kappa shape index (κ1) is 26.5. The predicted octanol–water partition coefficient (Wildman–Crippen LogP) is 5.20. The van der Waals surface area contributed by atoms with Gasteiger partial charge in [0.1, 0.15) is 15.8 Å². The molecule has 1 aliphatic heterocycles. The minimum Gasteiger partial charge on any atom is -0.326 e. The summed E-state index contributed by atoms with van der Waals surface area (Å²) in [6.45, 7) is 4.99. The van der Waals surface area contributed by atoms with Crippen LogP contribution < -0.4 is 10.6 Å². The van der Waals surface area contributed by atoms with Gasteiger partial charge in [-0.3, -0.25) is 24.1 Å². The first-order valence-corrected chi connectivity index (χ1v) is 13.9. The maximum Gasteiger partial charge on any atom is 0.247 e. The highest BCUT2D eigenvalue weighted by molar-refractivity contribution is 6.36. The van der Waals surface area contributed by atoms with Crippen LogP contribution in [0, 0.1) is 17.8 Å². The Labute approximate surface area is 241 Å². The van der Waals surface area contributed by atoms with Crippen molar-refractivity contribution < 1.29 is 19.2 Å². The zero-order valence-electron chi connectivity index (χ0n) is 22.1. The fourth-order valence-corrected chi connectivity index (χ4v) is 7.84. The fraction of sp³-hybridized carbons (Fsp3) is 0.290. The molecule has 204 valence electrons. The first-order valence-electron chi connectivity index (χ1n) is 13.1. The summed E-state index contributed by atoms with van der Waals surface area (Å²) >= 11 is 15.0. The van der Waals surface area contributed by atoms with Gasteiger partial charge in [-0.15, -0.1) is 23.2 Å². The van der Waals surface area contributed by atoms with Crippen molar-refractivity contribution in [3.8, 4) is 0 Å². The minimum atomic E-state index is -1.31. The number of anilines is 2. The predicted molar refractivity (Wildman–Crippen MR) is 153 cm³/mol. The molecule has 4 amide bonds. The number of likely N-dealkylation sites (tertiary alicyclic amines) is 1. The summed E-state index contributed by atoms with van der Waals surface area (Å²) in [6.07, 6.45) is 0. The lowest BCUT2D eigenvalue weighted by molar-refractivity contribution is -0.148. The molecule has 3 aliphatic carbocycles. The van der Waals surface area contributed by atoms with Crippen LogP contribution in [0.2, 0.25) is 0 Å². The first-order chi connectivity index (χ1) is 19.0. The van der Waals surface area contributed by atoms with E-state index in [-0.39, 0.29) is 5.91 Å². The van der Waals surface area contributed by atoms with Crippen molar-refractivity contribution in [3.63, 3.8) is 0 Å². The van der Waals surface area contributed by atoms with Gasteiger partial charge in [0.15, 0.2) is 0 Å². The third kappa shape index (κ3) is 3.50. The molecular weight excluding hydrogens is 549 g/mol. The molecule has 40 heavy (non-hydrogen) atoms. The topological polar surface area (TPSA) is 95.6 Å². The average molecular weight is 576 g/mol. The van der Waals surface area contributed by atoms with Crippen LogP contribution in [0.15, 0.2) is 72.8 Å². The molecule has 0 radical (unpaired) electrons. The normalized spacial score (nSPS) is 26.7. The molecule has 1 heterocycles. The lowest BCUT2D eigenvalue weighted by Crippen LogP contribution is -2.57. The second-order valence-corrected chi connectivity index (χ2v) is 12.1. The molecule has 3 atom stereocenters. The van der Waals surface area contributed by atoms with E-state index in [0.717, 1.165) is 4.90 Å². The number of amides is 4. The summed E-state index contributed by atoms with van der Waals surface area (Å²) in [6, 6.07) is 20.4. The Balaban J connectivity index is 1.40. The highest BCUT2D eigenvalue weighted by Crippen LogP contribution is 2.69. The van der Waals surface area contributed by atoms with E-state index in [4.69, 9.17) is 23.2 Å². The van der Waals surface area contributed by atoms with Gasteiger partial charge in [-0.05, 0) is 52.4 Å². The number of imide groups is 1. The van der Waals surface area contributed by atoms with Crippen molar-refractivity contribution in [2.24, 2.45) is 17.8 Å². The Morgan fingerprint density at radius 1 is 0.725 bits per heavy atom. The number of nitrogens with zero attached hydrogens (tertiary/aromatic N) is 1. The summed E-state index contributed by atoms with van der Waals surface area (Å²) in [4.78, 5) is 52.1. The SMILES string of the molecule is CC(=O)Nc1ccc(NC(=O)[C@H](C(C)C)N2C(=O)[C@H]3[C@H](C2=O)C2(Cl)c4ccccc4C3(Cl)c3ccccc32)cc1. The highest BCUT2D eigenvalue weighted by Gasteiger charge is 2.73. The molecule has 0 unspecified atom stereocenters. The van der Waals surface area contributed by atoms with Gasteiger partial charge in [0.05, 0.1) is 11.8 Å². The Hall–Kier alpha value is -3.68. The molecule has 3 aromatic rings. The van der Waals surface area contributed by atoms with E-state index in [0.29, 0.717) is 33.6 Å².